The molecule has 3 atom stereocenters. The highest BCUT2D eigenvalue weighted by Crippen LogP contribution is 2.46. The van der Waals surface area contributed by atoms with Crippen molar-refractivity contribution in [1.29, 1.82) is 0 Å². The SMILES string of the molecule is COc1ccccc1[C@H](C)NC(=O)COC(=O)CN1C(=O)N[C@]2(C[C@@H](C)CC(C)(C)C2)C1=O. The predicted molar refractivity (Wildman–Crippen MR) is 120 cm³/mol. The highest BCUT2D eigenvalue weighted by Gasteiger charge is 2.56. The predicted octanol–water partition coefficient (Wildman–Crippen LogP) is 2.55. The molecule has 1 saturated carbocycles. The molecule has 1 aromatic rings. The lowest BCUT2D eigenvalue weighted by Crippen LogP contribution is -2.54. The van der Waals surface area contributed by atoms with E-state index in [0.717, 1.165) is 16.9 Å². The number of nitrogens with zero attached hydrogens (tertiary/aromatic N) is 1. The quantitative estimate of drug-likeness (QED) is 0.479. The highest BCUT2D eigenvalue weighted by atomic mass is 16.5. The summed E-state index contributed by atoms with van der Waals surface area (Å²) in [7, 11) is 1.55. The number of ether oxygens (including phenoxy) is 2. The van der Waals surface area contributed by atoms with Gasteiger partial charge in [0, 0.05) is 5.56 Å². The van der Waals surface area contributed by atoms with E-state index in [2.05, 4.69) is 31.4 Å². The Morgan fingerprint density at radius 3 is 2.61 bits per heavy atom. The van der Waals surface area contributed by atoms with Crippen molar-refractivity contribution in [1.82, 2.24) is 15.5 Å². The lowest BCUT2D eigenvalue weighted by molar-refractivity contribution is -0.151. The number of nitrogens with one attached hydrogen (secondary N) is 2. The number of amides is 4. The molecule has 9 heteroatoms. The number of rotatable bonds is 7. The third-order valence-corrected chi connectivity index (χ3v) is 6.26. The van der Waals surface area contributed by atoms with E-state index in [4.69, 9.17) is 9.47 Å². The number of carbonyl (C=O) groups is 4. The summed E-state index contributed by atoms with van der Waals surface area (Å²) in [6.45, 7) is 6.95. The zero-order valence-electron chi connectivity index (χ0n) is 19.9. The molecule has 9 nitrogen and oxygen atoms in total. The second-order valence-electron chi connectivity index (χ2n) is 9.95. The van der Waals surface area contributed by atoms with E-state index in [0.29, 0.717) is 18.6 Å². The monoisotopic (exact) mass is 459 g/mol. The zero-order valence-corrected chi connectivity index (χ0v) is 19.9. The molecule has 1 heterocycles. The molecule has 1 aliphatic carbocycles. The normalized spacial score (nSPS) is 24.9. The molecule has 2 N–H and O–H groups in total. The van der Waals surface area contributed by atoms with Gasteiger partial charge in [0.2, 0.25) is 0 Å². The van der Waals surface area contributed by atoms with Crippen LogP contribution in [0.4, 0.5) is 4.79 Å². The van der Waals surface area contributed by atoms with Crippen molar-refractivity contribution in [3.8, 4) is 5.75 Å². The molecule has 1 saturated heterocycles. The zero-order chi connectivity index (χ0) is 24.4. The number of hydrogen-bond donors (Lipinski definition) is 2. The van der Waals surface area contributed by atoms with Gasteiger partial charge in [-0.05, 0) is 43.6 Å². The van der Waals surface area contributed by atoms with Crippen molar-refractivity contribution >= 4 is 23.8 Å². The van der Waals surface area contributed by atoms with Gasteiger partial charge in [-0.3, -0.25) is 19.3 Å². The summed E-state index contributed by atoms with van der Waals surface area (Å²) in [5.74, 6) is -0.829. The van der Waals surface area contributed by atoms with Gasteiger partial charge in [-0.25, -0.2) is 4.79 Å². The van der Waals surface area contributed by atoms with Gasteiger partial charge in [-0.1, -0.05) is 39.0 Å². The minimum atomic E-state index is -0.986. The van der Waals surface area contributed by atoms with Crippen LogP contribution in [0, 0.1) is 11.3 Å². The molecular formula is C24H33N3O6. The van der Waals surface area contributed by atoms with Crippen molar-refractivity contribution < 1.29 is 28.7 Å². The first-order valence-corrected chi connectivity index (χ1v) is 11.2. The maximum Gasteiger partial charge on any atom is 0.326 e. The van der Waals surface area contributed by atoms with Crippen LogP contribution >= 0.6 is 0 Å². The molecule has 2 aliphatic rings. The fraction of sp³-hybridized carbons (Fsp3) is 0.583. The van der Waals surface area contributed by atoms with E-state index in [1.165, 1.54) is 0 Å². The molecule has 0 unspecified atom stereocenters. The topological polar surface area (TPSA) is 114 Å². The first-order valence-electron chi connectivity index (χ1n) is 11.2. The summed E-state index contributed by atoms with van der Waals surface area (Å²) in [6, 6.07) is 6.31. The largest absolute Gasteiger partial charge is 0.496 e. The van der Waals surface area contributed by atoms with E-state index < -0.39 is 42.5 Å². The summed E-state index contributed by atoms with van der Waals surface area (Å²) >= 11 is 0. The smallest absolute Gasteiger partial charge is 0.326 e. The van der Waals surface area contributed by atoms with Crippen LogP contribution < -0.4 is 15.4 Å². The van der Waals surface area contributed by atoms with Crippen LogP contribution in [0.1, 0.15) is 58.6 Å². The summed E-state index contributed by atoms with van der Waals surface area (Å²) in [5, 5.41) is 5.56. The van der Waals surface area contributed by atoms with Gasteiger partial charge in [-0.15, -0.1) is 0 Å². The Kier molecular flexibility index (Phi) is 7.00. The molecular weight excluding hydrogens is 426 g/mol. The molecule has 1 aromatic carbocycles. The summed E-state index contributed by atoms with van der Waals surface area (Å²) in [5.41, 5.74) is -0.304. The maximum atomic E-state index is 13.1. The Morgan fingerprint density at radius 2 is 1.94 bits per heavy atom. The van der Waals surface area contributed by atoms with Crippen molar-refractivity contribution in [2.75, 3.05) is 20.3 Å². The number of para-hydroxylation sites is 1. The van der Waals surface area contributed by atoms with E-state index in [1.807, 2.05) is 18.2 Å². The van der Waals surface area contributed by atoms with Crippen LogP contribution in [0.2, 0.25) is 0 Å². The van der Waals surface area contributed by atoms with Gasteiger partial charge in [0.25, 0.3) is 11.8 Å². The van der Waals surface area contributed by atoms with E-state index in [9.17, 15) is 19.2 Å². The number of hydrogen-bond acceptors (Lipinski definition) is 6. The Balaban J connectivity index is 1.54. The van der Waals surface area contributed by atoms with Gasteiger partial charge in [0.1, 0.15) is 17.8 Å². The number of imide groups is 1. The number of esters is 1. The Morgan fingerprint density at radius 1 is 1.24 bits per heavy atom. The average molecular weight is 460 g/mol. The molecule has 1 aliphatic heterocycles. The first kappa shape index (κ1) is 24.5. The molecule has 3 rings (SSSR count). The minimum Gasteiger partial charge on any atom is -0.496 e. The third kappa shape index (κ3) is 5.46. The van der Waals surface area contributed by atoms with E-state index >= 15 is 0 Å². The highest BCUT2D eigenvalue weighted by molar-refractivity contribution is 6.08. The molecule has 180 valence electrons. The molecule has 0 aromatic heterocycles. The van der Waals surface area contributed by atoms with Crippen LogP contribution in [-0.4, -0.2) is 54.5 Å². The second-order valence-corrected chi connectivity index (χ2v) is 9.95. The van der Waals surface area contributed by atoms with Gasteiger partial charge in [0.05, 0.1) is 13.2 Å². The van der Waals surface area contributed by atoms with Crippen LogP contribution in [0.5, 0.6) is 5.75 Å². The van der Waals surface area contributed by atoms with Gasteiger partial charge in [-0.2, -0.15) is 0 Å². The van der Waals surface area contributed by atoms with Crippen molar-refractivity contribution in [3.05, 3.63) is 29.8 Å². The summed E-state index contributed by atoms with van der Waals surface area (Å²) in [4.78, 5) is 51.1. The summed E-state index contributed by atoms with van der Waals surface area (Å²) < 4.78 is 10.3. The van der Waals surface area contributed by atoms with Gasteiger partial charge < -0.3 is 20.1 Å². The Bertz CT molecular complexity index is 946. The lowest BCUT2D eigenvalue weighted by atomic mass is 9.64. The Hall–Kier alpha value is -3.10. The molecule has 0 bridgehead atoms. The number of methoxy groups -OCH3 is 1. The maximum absolute atomic E-state index is 13.1. The van der Waals surface area contributed by atoms with Gasteiger partial charge in [0.15, 0.2) is 6.61 Å². The average Bonchev–Trinajstić information content (AvgIpc) is 2.93. The molecule has 2 fully saturated rings. The number of benzene rings is 1. The summed E-state index contributed by atoms with van der Waals surface area (Å²) in [6.07, 6.45) is 2.02. The fourth-order valence-corrected chi connectivity index (χ4v) is 5.36. The van der Waals surface area contributed by atoms with Crippen LogP contribution in [0.25, 0.3) is 0 Å². The van der Waals surface area contributed by atoms with Gasteiger partial charge >= 0.3 is 12.0 Å². The second kappa shape index (κ2) is 9.41. The first-order chi connectivity index (χ1) is 15.5. The fourth-order valence-electron chi connectivity index (χ4n) is 5.36. The van der Waals surface area contributed by atoms with E-state index in [-0.39, 0.29) is 17.4 Å². The van der Waals surface area contributed by atoms with Crippen molar-refractivity contribution in [2.45, 2.75) is 58.5 Å². The molecule has 0 radical (unpaired) electrons. The minimum absolute atomic E-state index is 0.104. The van der Waals surface area contributed by atoms with Crippen LogP contribution in [-0.2, 0) is 19.1 Å². The molecule has 4 amide bonds. The number of urea groups is 1. The van der Waals surface area contributed by atoms with Crippen LogP contribution in [0.3, 0.4) is 0 Å². The molecule has 33 heavy (non-hydrogen) atoms. The van der Waals surface area contributed by atoms with Crippen LogP contribution in [0.15, 0.2) is 24.3 Å². The third-order valence-electron chi connectivity index (χ3n) is 6.26. The Labute approximate surface area is 194 Å². The molecule has 1 spiro atoms. The standard InChI is InChI=1S/C24H33N3O6/c1-15-10-23(3,4)14-24(11-15)21(30)27(22(31)26-24)12-20(29)33-13-19(28)25-16(2)17-8-6-7-9-18(17)32-5/h6-9,15-16H,10-14H2,1-5H3,(H,25,28)(H,26,31)/t15-,16-,24-/m0/s1. The van der Waals surface area contributed by atoms with Crippen molar-refractivity contribution in [2.24, 2.45) is 11.3 Å². The lowest BCUT2D eigenvalue weighted by Gasteiger charge is -2.43. The number of carbonyl (C=O) groups excluding carboxylic acids is 4. The van der Waals surface area contributed by atoms with Crippen molar-refractivity contribution in [3.63, 3.8) is 0 Å². The van der Waals surface area contributed by atoms with E-state index in [1.54, 1.807) is 20.1 Å².